The van der Waals surface area contributed by atoms with Gasteiger partial charge in [0.1, 0.15) is 18.1 Å². The summed E-state index contributed by atoms with van der Waals surface area (Å²) < 4.78 is 22.4. The van der Waals surface area contributed by atoms with Gasteiger partial charge in [-0.3, -0.25) is 9.59 Å². The van der Waals surface area contributed by atoms with Crippen molar-refractivity contribution in [1.82, 2.24) is 24.4 Å². The fourth-order valence-corrected chi connectivity index (χ4v) is 5.73. The number of esters is 1. The summed E-state index contributed by atoms with van der Waals surface area (Å²) in [5.41, 5.74) is 3.06. The average molecular weight is 536 g/mol. The predicted molar refractivity (Wildman–Crippen MR) is 147 cm³/mol. The van der Waals surface area contributed by atoms with Crippen LogP contribution in [0.1, 0.15) is 74.1 Å². The van der Waals surface area contributed by atoms with Crippen LogP contribution in [0.15, 0.2) is 30.3 Å². The number of likely N-dealkylation sites (tertiary alicyclic amines) is 2. The molecule has 0 aliphatic carbocycles. The summed E-state index contributed by atoms with van der Waals surface area (Å²) in [6, 6.07) is 8.69. The molecule has 0 bridgehead atoms. The van der Waals surface area contributed by atoms with Gasteiger partial charge in [0, 0.05) is 36.0 Å². The molecule has 2 unspecified atom stereocenters. The van der Waals surface area contributed by atoms with Crippen LogP contribution in [0.25, 0.3) is 16.9 Å². The largest absolute Gasteiger partial charge is 0.464 e. The number of rotatable bonds is 7. The van der Waals surface area contributed by atoms with Crippen LogP contribution in [0.3, 0.4) is 0 Å². The number of amides is 1. The van der Waals surface area contributed by atoms with E-state index in [1.165, 1.54) is 6.07 Å². The van der Waals surface area contributed by atoms with Gasteiger partial charge in [-0.2, -0.15) is 5.10 Å². The molecule has 208 valence electrons. The maximum absolute atomic E-state index is 15.2. The maximum atomic E-state index is 15.2. The van der Waals surface area contributed by atoms with Crippen molar-refractivity contribution in [1.29, 1.82) is 0 Å². The minimum atomic E-state index is -0.466. The first-order valence-corrected chi connectivity index (χ1v) is 14.2. The summed E-state index contributed by atoms with van der Waals surface area (Å²) in [6.07, 6.45) is 7.06. The smallest absolute Gasteiger partial charge is 0.310 e. The van der Waals surface area contributed by atoms with Gasteiger partial charge in [0.25, 0.3) is 5.91 Å². The van der Waals surface area contributed by atoms with Crippen molar-refractivity contribution in [3.8, 4) is 11.3 Å². The molecule has 0 radical (unpaired) electrons. The highest BCUT2D eigenvalue weighted by molar-refractivity contribution is 5.93. The molecule has 9 heteroatoms. The van der Waals surface area contributed by atoms with Gasteiger partial charge in [0.15, 0.2) is 5.65 Å². The number of benzene rings is 1. The van der Waals surface area contributed by atoms with Gasteiger partial charge in [0.2, 0.25) is 0 Å². The number of ether oxygens (including phenoxy) is 1. The number of carbonyl (C=O) groups excluding carboxylic acids is 2. The summed E-state index contributed by atoms with van der Waals surface area (Å²) in [7, 11) is 2.03. The number of halogens is 1. The highest BCUT2D eigenvalue weighted by atomic mass is 19.1. The Kier molecular flexibility index (Phi) is 8.26. The number of likely N-dealkylation sites (N-methyl/N-ethyl adjacent to an activating group) is 1. The zero-order valence-corrected chi connectivity index (χ0v) is 23.2. The summed E-state index contributed by atoms with van der Waals surface area (Å²) >= 11 is 0. The highest BCUT2D eigenvalue weighted by Crippen LogP contribution is 2.26. The Balaban J connectivity index is 1.33. The second kappa shape index (κ2) is 11.8. The molecule has 2 saturated heterocycles. The van der Waals surface area contributed by atoms with E-state index in [0.717, 1.165) is 57.3 Å². The predicted octanol–water partition coefficient (Wildman–Crippen LogP) is 4.68. The molecule has 2 aromatic heterocycles. The van der Waals surface area contributed by atoms with E-state index in [1.54, 1.807) is 28.8 Å². The first kappa shape index (κ1) is 27.2. The number of carbonyl (C=O) groups is 2. The second-order valence-electron chi connectivity index (χ2n) is 10.9. The van der Waals surface area contributed by atoms with Crippen molar-refractivity contribution in [2.75, 3.05) is 26.7 Å². The minimum absolute atomic E-state index is 0.0146. The molecule has 3 aromatic rings. The van der Waals surface area contributed by atoms with E-state index in [1.807, 2.05) is 18.9 Å². The molecule has 4 heterocycles. The fraction of sp³-hybridized carbons (Fsp3) is 0.533. The molecule has 1 amide bonds. The van der Waals surface area contributed by atoms with E-state index in [9.17, 15) is 9.59 Å². The molecule has 5 rings (SSSR count). The number of aryl methyl sites for hydroxylation is 1. The Bertz CT molecular complexity index is 1360. The lowest BCUT2D eigenvalue weighted by atomic mass is 10.1. The Labute approximate surface area is 229 Å². The summed E-state index contributed by atoms with van der Waals surface area (Å²) in [4.78, 5) is 34.5. The molecule has 1 aromatic carbocycles. The van der Waals surface area contributed by atoms with Crippen LogP contribution in [0.4, 0.5) is 4.39 Å². The molecular formula is C30H38FN5O3. The van der Waals surface area contributed by atoms with Crippen LogP contribution in [0.5, 0.6) is 0 Å². The standard InChI is InChI=1S/C30H38FN5O3/c1-4-22-17-27(30(38)35-14-7-5-6-9-20(35)2)32-28-18-26(33-36(22)28)24-12-11-21(15-25(24)31)16-29(37)39-19-23-10-8-13-34(23)3/h11-12,15,17-18,20,23H,4-10,13-14,16,19H2,1-3H3. The van der Waals surface area contributed by atoms with Gasteiger partial charge in [-0.05, 0) is 76.4 Å². The third kappa shape index (κ3) is 5.98. The van der Waals surface area contributed by atoms with E-state index in [4.69, 9.17) is 4.74 Å². The van der Waals surface area contributed by atoms with Crippen molar-refractivity contribution >= 4 is 17.5 Å². The molecule has 2 aliphatic heterocycles. The van der Waals surface area contributed by atoms with E-state index >= 15 is 4.39 Å². The van der Waals surface area contributed by atoms with Crippen molar-refractivity contribution in [2.45, 2.75) is 77.3 Å². The summed E-state index contributed by atoms with van der Waals surface area (Å²) in [5, 5.41) is 4.62. The van der Waals surface area contributed by atoms with Crippen molar-refractivity contribution in [2.24, 2.45) is 0 Å². The Morgan fingerprint density at radius 3 is 2.67 bits per heavy atom. The molecule has 0 saturated carbocycles. The number of hydrogen-bond donors (Lipinski definition) is 0. The molecule has 2 aliphatic rings. The van der Waals surface area contributed by atoms with Crippen LogP contribution in [-0.4, -0.2) is 75.1 Å². The lowest BCUT2D eigenvalue weighted by Gasteiger charge is -2.27. The van der Waals surface area contributed by atoms with Crippen molar-refractivity contribution in [3.63, 3.8) is 0 Å². The minimum Gasteiger partial charge on any atom is -0.464 e. The van der Waals surface area contributed by atoms with Crippen molar-refractivity contribution < 1.29 is 18.7 Å². The molecule has 2 atom stereocenters. The lowest BCUT2D eigenvalue weighted by Crippen LogP contribution is -2.38. The quantitative estimate of drug-likeness (QED) is 0.409. The van der Waals surface area contributed by atoms with Gasteiger partial charge in [-0.1, -0.05) is 25.8 Å². The highest BCUT2D eigenvalue weighted by Gasteiger charge is 2.26. The maximum Gasteiger partial charge on any atom is 0.310 e. The third-order valence-corrected chi connectivity index (χ3v) is 8.16. The number of aromatic nitrogens is 3. The Hall–Kier alpha value is -3.33. The fourth-order valence-electron chi connectivity index (χ4n) is 5.73. The lowest BCUT2D eigenvalue weighted by molar-refractivity contribution is -0.144. The molecule has 39 heavy (non-hydrogen) atoms. The SMILES string of the molecule is CCc1cc(C(=O)N2CCCCCC2C)nc2cc(-c3ccc(CC(=O)OCC4CCCN4C)cc3F)nn12. The zero-order valence-electron chi connectivity index (χ0n) is 23.2. The number of nitrogens with zero attached hydrogens (tertiary/aromatic N) is 5. The molecule has 8 nitrogen and oxygen atoms in total. The first-order valence-electron chi connectivity index (χ1n) is 14.2. The van der Waals surface area contributed by atoms with Crippen molar-refractivity contribution in [3.05, 3.63) is 53.1 Å². The van der Waals surface area contributed by atoms with E-state index in [0.29, 0.717) is 41.2 Å². The van der Waals surface area contributed by atoms with E-state index in [2.05, 4.69) is 21.9 Å². The van der Waals surface area contributed by atoms with E-state index in [-0.39, 0.29) is 30.4 Å². The molecular weight excluding hydrogens is 497 g/mol. The number of fused-ring (bicyclic) bond motifs is 1. The van der Waals surface area contributed by atoms with Gasteiger partial charge >= 0.3 is 5.97 Å². The summed E-state index contributed by atoms with van der Waals surface area (Å²) in [6.45, 7) is 6.22. The Morgan fingerprint density at radius 2 is 1.92 bits per heavy atom. The van der Waals surface area contributed by atoms with Crippen LogP contribution < -0.4 is 0 Å². The molecule has 0 spiro atoms. The zero-order chi connectivity index (χ0) is 27.5. The normalized spacial score (nSPS) is 20.4. The van der Waals surface area contributed by atoms with Crippen LogP contribution >= 0.6 is 0 Å². The molecule has 2 fully saturated rings. The first-order chi connectivity index (χ1) is 18.8. The van der Waals surface area contributed by atoms with Crippen LogP contribution in [-0.2, 0) is 22.4 Å². The topological polar surface area (TPSA) is 80.0 Å². The average Bonchev–Trinajstić information content (AvgIpc) is 3.47. The summed E-state index contributed by atoms with van der Waals surface area (Å²) in [5.74, 6) is -0.888. The third-order valence-electron chi connectivity index (χ3n) is 8.16. The number of hydrogen-bond acceptors (Lipinski definition) is 6. The second-order valence-corrected chi connectivity index (χ2v) is 10.9. The van der Waals surface area contributed by atoms with E-state index < -0.39 is 5.82 Å². The monoisotopic (exact) mass is 535 g/mol. The van der Waals surface area contributed by atoms with Gasteiger partial charge < -0.3 is 14.5 Å². The van der Waals surface area contributed by atoms with Gasteiger partial charge in [-0.15, -0.1) is 0 Å². The Morgan fingerprint density at radius 1 is 1.08 bits per heavy atom. The van der Waals surface area contributed by atoms with Gasteiger partial charge in [-0.25, -0.2) is 13.9 Å². The molecule has 0 N–H and O–H groups in total. The van der Waals surface area contributed by atoms with Crippen LogP contribution in [0.2, 0.25) is 0 Å². The van der Waals surface area contributed by atoms with Gasteiger partial charge in [0.05, 0.1) is 12.1 Å². The van der Waals surface area contributed by atoms with Crippen LogP contribution in [0, 0.1) is 5.82 Å².